The number of hydrogen-bond acceptors (Lipinski definition) is 11. The molecule has 0 fully saturated rings. The maximum atomic E-state index is 12.8. The number of allylic oxidation sites excluding steroid dienone is 5. The lowest BCUT2D eigenvalue weighted by molar-refractivity contribution is -0.870. The number of hydrogen-bond donors (Lipinski definition) is 1. The summed E-state index contributed by atoms with van der Waals surface area (Å²) >= 11 is 0. The number of ketones is 1. The van der Waals surface area contributed by atoms with E-state index in [-0.39, 0.29) is 43.7 Å². The van der Waals surface area contributed by atoms with Gasteiger partial charge in [0.1, 0.15) is 31.3 Å². The van der Waals surface area contributed by atoms with Gasteiger partial charge >= 0.3 is 11.9 Å². The van der Waals surface area contributed by atoms with E-state index >= 15 is 0 Å². The van der Waals surface area contributed by atoms with Crippen molar-refractivity contribution in [3.63, 3.8) is 0 Å². The Kier molecular flexibility index (Phi) is 25.4. The number of likely N-dealkylation sites (N-methyl/N-ethyl adjacent to an activating group) is 1. The molecule has 59 heavy (non-hydrogen) atoms. The quantitative estimate of drug-likeness (QED) is 0.0237. The molecular weight excluding hydrogens is 773 g/mol. The number of aliphatic hydroxyl groups excluding tert-OH is 1. The van der Waals surface area contributed by atoms with Gasteiger partial charge in [-0.15, -0.1) is 0 Å². The molecule has 0 amide bonds. The summed E-state index contributed by atoms with van der Waals surface area (Å²) in [6.07, 6.45) is 23.8. The Labute approximate surface area is 355 Å². The maximum absolute atomic E-state index is 12.8. The molecule has 1 aliphatic rings. The van der Waals surface area contributed by atoms with Crippen LogP contribution in [0.1, 0.15) is 139 Å². The number of carbonyl (C=O) groups is 3. The standard InChI is InChI=1S/C46H76NO11P/c1-8-10-17-24-39(48)29-30-41-38(28-31-42(41)49)23-18-15-16-21-27-46(51)57-40(35-56-59(52,53)55-33-32-47(5,6)7)34-54-45(50)26-20-14-12-11-13-19-25-44-37(4)36(3)43(58-44)22-9-2/h15,18,28-31,38-41,48H,8-14,16-17,19-27,32-35H2,1-7H3/b18-15-,30-29+/t38-,39-,40+,41+/m0/s1. The van der Waals surface area contributed by atoms with Crippen molar-refractivity contribution in [3.8, 4) is 0 Å². The Bertz CT molecular complexity index is 1520. The highest BCUT2D eigenvalue weighted by molar-refractivity contribution is 7.45. The van der Waals surface area contributed by atoms with E-state index in [2.05, 4.69) is 27.7 Å². The first kappa shape index (κ1) is 52.3. The topological polar surface area (TPSA) is 162 Å². The van der Waals surface area contributed by atoms with E-state index in [4.69, 9.17) is 22.9 Å². The van der Waals surface area contributed by atoms with Crippen LogP contribution in [0.2, 0.25) is 0 Å². The van der Waals surface area contributed by atoms with Gasteiger partial charge in [-0.05, 0) is 81.9 Å². The van der Waals surface area contributed by atoms with E-state index in [1.165, 1.54) is 11.1 Å². The Morgan fingerprint density at radius 1 is 0.881 bits per heavy atom. The fourth-order valence-electron chi connectivity index (χ4n) is 6.75. The number of aryl methyl sites for hydroxylation is 2. The van der Waals surface area contributed by atoms with Gasteiger partial charge in [0, 0.05) is 31.6 Å². The average molecular weight is 850 g/mol. The van der Waals surface area contributed by atoms with Crippen LogP contribution < -0.4 is 4.89 Å². The summed E-state index contributed by atoms with van der Waals surface area (Å²) < 4.78 is 40.0. The van der Waals surface area contributed by atoms with Crippen molar-refractivity contribution in [1.29, 1.82) is 0 Å². The van der Waals surface area contributed by atoms with Crippen LogP contribution >= 0.6 is 7.82 Å². The Hall–Kier alpha value is -2.86. The van der Waals surface area contributed by atoms with Crippen LogP contribution in [0.4, 0.5) is 0 Å². The maximum Gasteiger partial charge on any atom is 0.306 e. The van der Waals surface area contributed by atoms with Crippen molar-refractivity contribution >= 4 is 25.5 Å². The van der Waals surface area contributed by atoms with Gasteiger partial charge in [0.15, 0.2) is 11.9 Å². The molecule has 2 rings (SSSR count). The number of nitrogens with zero attached hydrogens (tertiary/aromatic N) is 1. The summed E-state index contributed by atoms with van der Waals surface area (Å²) in [5.74, 6) is 0.937. The molecule has 0 radical (unpaired) electrons. The third-order valence-electron chi connectivity index (χ3n) is 10.6. The van der Waals surface area contributed by atoms with Crippen molar-refractivity contribution in [2.24, 2.45) is 11.8 Å². The van der Waals surface area contributed by atoms with Gasteiger partial charge in [0.2, 0.25) is 0 Å². The lowest BCUT2D eigenvalue weighted by Gasteiger charge is -2.28. The molecule has 1 aromatic heterocycles. The van der Waals surface area contributed by atoms with Gasteiger partial charge in [-0.2, -0.15) is 0 Å². The Morgan fingerprint density at radius 3 is 2.25 bits per heavy atom. The lowest BCUT2D eigenvalue weighted by atomic mass is 9.90. The van der Waals surface area contributed by atoms with Crippen molar-refractivity contribution in [2.45, 2.75) is 155 Å². The highest BCUT2D eigenvalue weighted by Crippen LogP contribution is 2.38. The predicted molar refractivity (Wildman–Crippen MR) is 229 cm³/mol. The molecule has 0 bridgehead atoms. The van der Waals surface area contributed by atoms with E-state index in [9.17, 15) is 28.9 Å². The normalized spacial score (nSPS) is 17.9. The van der Waals surface area contributed by atoms with Crippen LogP contribution in [0.5, 0.6) is 0 Å². The number of phosphoric ester groups is 1. The third-order valence-corrected chi connectivity index (χ3v) is 11.5. The van der Waals surface area contributed by atoms with Crippen LogP contribution in [-0.4, -0.2) is 87.0 Å². The first-order valence-corrected chi connectivity index (χ1v) is 23.6. The first-order chi connectivity index (χ1) is 28.0. The molecule has 0 saturated heterocycles. The molecule has 1 heterocycles. The number of furan rings is 1. The van der Waals surface area contributed by atoms with E-state index in [0.717, 1.165) is 82.1 Å². The molecule has 1 aliphatic carbocycles. The van der Waals surface area contributed by atoms with Crippen LogP contribution in [-0.2, 0) is 50.3 Å². The van der Waals surface area contributed by atoms with Gasteiger partial charge < -0.3 is 37.4 Å². The molecule has 0 saturated carbocycles. The zero-order valence-corrected chi connectivity index (χ0v) is 38.1. The summed E-state index contributed by atoms with van der Waals surface area (Å²) in [6.45, 7) is 8.02. The minimum atomic E-state index is -4.70. The third kappa shape index (κ3) is 23.1. The van der Waals surface area contributed by atoms with Gasteiger partial charge in [-0.1, -0.05) is 89.2 Å². The number of ether oxygens (including phenoxy) is 2. The second-order valence-electron chi connectivity index (χ2n) is 17.0. The summed E-state index contributed by atoms with van der Waals surface area (Å²) in [6, 6.07) is 0. The Balaban J connectivity index is 1.77. The molecular formula is C46H76NO11P. The second-order valence-corrected chi connectivity index (χ2v) is 18.4. The minimum absolute atomic E-state index is 0.0102. The molecule has 1 N–H and O–H groups in total. The van der Waals surface area contributed by atoms with Crippen molar-refractivity contribution in [3.05, 3.63) is 59.1 Å². The SMILES string of the molecule is CCCCC[C@H](O)/C=C/[C@H]1C(=O)C=C[C@@H]1C/C=C\CCCC(=O)O[C@H](COC(=O)CCCCCCCCc1oc(CCC)c(C)c1C)COP(=O)([O-])OCC[N+](C)(C)C. The zero-order chi connectivity index (χ0) is 43.7. The average Bonchev–Trinajstić information content (AvgIpc) is 3.66. The molecule has 13 heteroatoms. The molecule has 0 aliphatic heterocycles. The summed E-state index contributed by atoms with van der Waals surface area (Å²) in [7, 11) is 1.01. The number of unbranched alkanes of at least 4 members (excludes halogenated alkanes) is 8. The van der Waals surface area contributed by atoms with Crippen molar-refractivity contribution in [2.75, 3.05) is 47.5 Å². The second kappa shape index (κ2) is 28.6. The van der Waals surface area contributed by atoms with Crippen LogP contribution in [0.3, 0.4) is 0 Å². The minimum Gasteiger partial charge on any atom is -0.756 e. The number of carbonyl (C=O) groups excluding carboxylic acids is 3. The van der Waals surface area contributed by atoms with Crippen molar-refractivity contribution < 1.29 is 56.4 Å². The molecule has 0 spiro atoms. The van der Waals surface area contributed by atoms with Crippen LogP contribution in [0.25, 0.3) is 0 Å². The molecule has 1 aromatic rings. The van der Waals surface area contributed by atoms with Gasteiger partial charge in [0.05, 0.1) is 33.9 Å². The van der Waals surface area contributed by atoms with Crippen molar-refractivity contribution in [1.82, 2.24) is 0 Å². The number of aliphatic hydroxyl groups is 1. The van der Waals surface area contributed by atoms with Gasteiger partial charge in [-0.3, -0.25) is 18.9 Å². The number of esters is 2. The zero-order valence-electron chi connectivity index (χ0n) is 37.3. The number of quaternary nitrogens is 1. The monoisotopic (exact) mass is 850 g/mol. The summed E-state index contributed by atoms with van der Waals surface area (Å²) in [5.41, 5.74) is 2.55. The molecule has 0 aromatic carbocycles. The van der Waals surface area contributed by atoms with E-state index < -0.39 is 38.6 Å². The van der Waals surface area contributed by atoms with E-state index in [1.54, 1.807) is 12.2 Å². The van der Waals surface area contributed by atoms with Crippen LogP contribution in [0.15, 0.2) is 40.9 Å². The molecule has 1 unspecified atom stereocenters. The lowest BCUT2D eigenvalue weighted by Crippen LogP contribution is -2.37. The fourth-order valence-corrected chi connectivity index (χ4v) is 7.48. The summed E-state index contributed by atoms with van der Waals surface area (Å²) in [4.78, 5) is 50.2. The van der Waals surface area contributed by atoms with Crippen LogP contribution in [0, 0.1) is 25.7 Å². The molecule has 5 atom stereocenters. The highest BCUT2D eigenvalue weighted by Gasteiger charge is 2.27. The smallest absolute Gasteiger partial charge is 0.306 e. The van der Waals surface area contributed by atoms with E-state index in [1.807, 2.05) is 45.4 Å². The first-order valence-electron chi connectivity index (χ1n) is 22.1. The summed E-state index contributed by atoms with van der Waals surface area (Å²) in [5, 5.41) is 10.2. The fraction of sp³-hybridized carbons (Fsp3) is 0.717. The predicted octanol–water partition coefficient (Wildman–Crippen LogP) is 8.77. The molecule has 336 valence electrons. The molecule has 12 nitrogen and oxygen atoms in total. The van der Waals surface area contributed by atoms with Gasteiger partial charge in [-0.25, -0.2) is 0 Å². The van der Waals surface area contributed by atoms with E-state index in [0.29, 0.717) is 43.1 Å². The number of rotatable bonds is 33. The Morgan fingerprint density at radius 2 is 1.56 bits per heavy atom. The highest BCUT2D eigenvalue weighted by atomic mass is 31.2. The van der Waals surface area contributed by atoms with Gasteiger partial charge in [0.25, 0.3) is 7.82 Å². The number of phosphoric acid groups is 1. The largest absolute Gasteiger partial charge is 0.756 e.